The molecule has 4 heteroatoms. The van der Waals surface area contributed by atoms with Crippen molar-refractivity contribution < 1.29 is 9.13 Å². The molecular weight excluding hydrogens is 321 g/mol. The van der Waals surface area contributed by atoms with Gasteiger partial charge in [0.25, 0.3) is 0 Å². The number of nitrogens with one attached hydrogen (secondary N) is 1. The lowest BCUT2D eigenvalue weighted by Gasteiger charge is -2.21. The average Bonchev–Trinajstić information content (AvgIpc) is 2.95. The van der Waals surface area contributed by atoms with Crippen molar-refractivity contribution in [3.8, 4) is 0 Å². The van der Waals surface area contributed by atoms with E-state index >= 15 is 0 Å². The van der Waals surface area contributed by atoms with Gasteiger partial charge >= 0.3 is 0 Å². The maximum Gasteiger partial charge on any atom is 0.137 e. The predicted molar refractivity (Wildman–Crippen MR) is 83.3 cm³/mol. The molecule has 112 valence electrons. The summed E-state index contributed by atoms with van der Waals surface area (Å²) in [5, 5.41) is 3.56. The van der Waals surface area contributed by atoms with Gasteiger partial charge in [-0.05, 0) is 72.3 Å². The topological polar surface area (TPSA) is 21.3 Å². The molecule has 1 saturated heterocycles. The zero-order valence-corrected chi connectivity index (χ0v) is 13.6. The largest absolute Gasteiger partial charge is 0.378 e. The summed E-state index contributed by atoms with van der Waals surface area (Å²) >= 11 is 3.27. The van der Waals surface area contributed by atoms with Crippen molar-refractivity contribution >= 4 is 15.9 Å². The summed E-state index contributed by atoms with van der Waals surface area (Å²) in [6, 6.07) is 5.57. The Bertz CT molecular complexity index is 421. The van der Waals surface area contributed by atoms with Gasteiger partial charge in [-0.1, -0.05) is 13.0 Å². The van der Waals surface area contributed by atoms with Crippen molar-refractivity contribution in [1.82, 2.24) is 5.32 Å². The number of ether oxygens (including phenoxy) is 1. The number of benzene rings is 1. The van der Waals surface area contributed by atoms with Crippen LogP contribution in [0.2, 0.25) is 0 Å². The van der Waals surface area contributed by atoms with Gasteiger partial charge in [-0.2, -0.15) is 0 Å². The van der Waals surface area contributed by atoms with E-state index in [0.29, 0.717) is 10.6 Å². The second kappa shape index (κ2) is 8.11. The number of hydrogen-bond donors (Lipinski definition) is 1. The molecule has 0 aromatic heterocycles. The Hall–Kier alpha value is -0.450. The molecule has 1 fully saturated rings. The zero-order valence-electron chi connectivity index (χ0n) is 12.0. The van der Waals surface area contributed by atoms with E-state index in [2.05, 4.69) is 28.2 Å². The first-order valence-electron chi connectivity index (χ1n) is 7.50. The van der Waals surface area contributed by atoms with Gasteiger partial charge in [-0.15, -0.1) is 0 Å². The molecule has 0 radical (unpaired) electrons. The van der Waals surface area contributed by atoms with Crippen molar-refractivity contribution in [1.29, 1.82) is 0 Å². The quantitative estimate of drug-likeness (QED) is 0.781. The van der Waals surface area contributed by atoms with Crippen LogP contribution in [0, 0.1) is 5.82 Å². The van der Waals surface area contributed by atoms with Crippen LogP contribution in [-0.4, -0.2) is 19.3 Å². The third kappa shape index (κ3) is 4.54. The highest BCUT2D eigenvalue weighted by Crippen LogP contribution is 2.27. The molecular formula is C16H23BrFNO. The summed E-state index contributed by atoms with van der Waals surface area (Å²) in [5.41, 5.74) is 1.14. The summed E-state index contributed by atoms with van der Waals surface area (Å²) in [7, 11) is 0. The molecule has 0 spiro atoms. The van der Waals surface area contributed by atoms with Gasteiger partial charge in [0.1, 0.15) is 5.82 Å². The Morgan fingerprint density at radius 1 is 1.50 bits per heavy atom. The number of rotatable bonds is 7. The van der Waals surface area contributed by atoms with E-state index in [1.807, 2.05) is 12.1 Å². The van der Waals surface area contributed by atoms with E-state index in [9.17, 15) is 4.39 Å². The fourth-order valence-electron chi connectivity index (χ4n) is 2.66. The van der Waals surface area contributed by atoms with Gasteiger partial charge in [0, 0.05) is 12.6 Å². The molecule has 1 aromatic rings. The normalized spacial score (nSPS) is 20.2. The molecule has 20 heavy (non-hydrogen) atoms. The van der Waals surface area contributed by atoms with Crippen LogP contribution in [0.3, 0.4) is 0 Å². The Morgan fingerprint density at radius 3 is 3.00 bits per heavy atom. The van der Waals surface area contributed by atoms with E-state index in [0.717, 1.165) is 38.0 Å². The van der Waals surface area contributed by atoms with E-state index < -0.39 is 0 Å². The van der Waals surface area contributed by atoms with Crippen LogP contribution >= 0.6 is 15.9 Å². The highest BCUT2D eigenvalue weighted by atomic mass is 79.9. The highest BCUT2D eigenvalue weighted by Gasteiger charge is 2.19. The first-order chi connectivity index (χ1) is 9.70. The fraction of sp³-hybridized carbons (Fsp3) is 0.625. The van der Waals surface area contributed by atoms with Crippen LogP contribution in [0.1, 0.15) is 50.6 Å². The molecule has 1 heterocycles. The van der Waals surface area contributed by atoms with E-state index in [1.54, 1.807) is 0 Å². The maximum atomic E-state index is 13.4. The SMILES string of the molecule is CCCNC(CCC1CCCO1)c1ccc(F)c(Br)c1. The Labute approximate surface area is 129 Å². The highest BCUT2D eigenvalue weighted by molar-refractivity contribution is 9.10. The fourth-order valence-corrected chi connectivity index (χ4v) is 3.06. The average molecular weight is 344 g/mol. The van der Waals surface area contributed by atoms with Crippen LogP contribution in [0.25, 0.3) is 0 Å². The van der Waals surface area contributed by atoms with Crippen LogP contribution in [0.15, 0.2) is 22.7 Å². The molecule has 0 saturated carbocycles. The van der Waals surface area contributed by atoms with Crippen molar-refractivity contribution in [2.45, 2.75) is 51.2 Å². The lowest BCUT2D eigenvalue weighted by atomic mass is 9.99. The third-order valence-corrected chi connectivity index (χ3v) is 4.40. The lowest BCUT2D eigenvalue weighted by Crippen LogP contribution is -2.23. The molecule has 2 rings (SSSR count). The Kier molecular flexibility index (Phi) is 6.46. The molecule has 1 aliphatic heterocycles. The number of hydrogen-bond acceptors (Lipinski definition) is 2. The first kappa shape index (κ1) is 15.9. The van der Waals surface area contributed by atoms with Crippen molar-refractivity contribution in [2.75, 3.05) is 13.2 Å². The van der Waals surface area contributed by atoms with Crippen molar-refractivity contribution in [3.63, 3.8) is 0 Å². The van der Waals surface area contributed by atoms with E-state index in [-0.39, 0.29) is 11.9 Å². The summed E-state index contributed by atoms with van der Waals surface area (Å²) in [5.74, 6) is -0.206. The summed E-state index contributed by atoms with van der Waals surface area (Å²) in [6.45, 7) is 4.04. The standard InChI is InChI=1S/C16H23BrFNO/c1-2-9-19-16(8-6-13-4-3-10-20-13)12-5-7-15(18)14(17)11-12/h5,7,11,13,16,19H,2-4,6,8-10H2,1H3. The van der Waals surface area contributed by atoms with Crippen LogP contribution in [0.4, 0.5) is 4.39 Å². The van der Waals surface area contributed by atoms with Gasteiger partial charge in [-0.3, -0.25) is 0 Å². The van der Waals surface area contributed by atoms with E-state index in [1.165, 1.54) is 18.9 Å². The predicted octanol–water partition coefficient (Wildman–Crippen LogP) is 4.59. The molecule has 0 amide bonds. The molecule has 0 aliphatic carbocycles. The van der Waals surface area contributed by atoms with Gasteiger partial charge < -0.3 is 10.1 Å². The number of halogens is 2. The molecule has 2 nitrogen and oxygen atoms in total. The van der Waals surface area contributed by atoms with Crippen LogP contribution in [0.5, 0.6) is 0 Å². The van der Waals surface area contributed by atoms with Crippen molar-refractivity contribution in [3.05, 3.63) is 34.1 Å². The lowest BCUT2D eigenvalue weighted by molar-refractivity contribution is 0.0996. The van der Waals surface area contributed by atoms with Gasteiger partial charge in [0.2, 0.25) is 0 Å². The Morgan fingerprint density at radius 2 is 2.35 bits per heavy atom. The summed E-state index contributed by atoms with van der Waals surface area (Å²) in [6.07, 6.45) is 5.95. The minimum Gasteiger partial charge on any atom is -0.378 e. The van der Waals surface area contributed by atoms with E-state index in [4.69, 9.17) is 4.74 Å². The van der Waals surface area contributed by atoms with Crippen LogP contribution < -0.4 is 5.32 Å². The van der Waals surface area contributed by atoms with Crippen molar-refractivity contribution in [2.24, 2.45) is 0 Å². The minimum absolute atomic E-state index is 0.206. The first-order valence-corrected chi connectivity index (χ1v) is 8.30. The maximum absolute atomic E-state index is 13.4. The molecule has 2 atom stereocenters. The second-order valence-electron chi connectivity index (χ2n) is 5.39. The summed E-state index contributed by atoms with van der Waals surface area (Å²) in [4.78, 5) is 0. The summed E-state index contributed by atoms with van der Waals surface area (Å²) < 4.78 is 19.6. The third-order valence-electron chi connectivity index (χ3n) is 3.79. The second-order valence-corrected chi connectivity index (χ2v) is 6.25. The van der Waals surface area contributed by atoms with Gasteiger partial charge in [0.15, 0.2) is 0 Å². The zero-order chi connectivity index (χ0) is 14.4. The monoisotopic (exact) mass is 343 g/mol. The molecule has 0 bridgehead atoms. The van der Waals surface area contributed by atoms with Gasteiger partial charge in [-0.25, -0.2) is 4.39 Å². The minimum atomic E-state index is -0.206. The molecule has 2 unspecified atom stereocenters. The molecule has 1 N–H and O–H groups in total. The van der Waals surface area contributed by atoms with Crippen LogP contribution in [-0.2, 0) is 4.74 Å². The molecule has 1 aromatic carbocycles. The Balaban J connectivity index is 1.99. The smallest absolute Gasteiger partial charge is 0.137 e. The molecule has 1 aliphatic rings. The van der Waals surface area contributed by atoms with Gasteiger partial charge in [0.05, 0.1) is 10.6 Å².